The summed E-state index contributed by atoms with van der Waals surface area (Å²) in [6.07, 6.45) is 2.52. The maximum absolute atomic E-state index is 12.2. The normalized spacial score (nSPS) is 17.0. The molecule has 1 atom stereocenters. The van der Waals surface area contributed by atoms with Crippen LogP contribution in [0.25, 0.3) is 11.4 Å². The largest absolute Gasteiger partial charge is 0.480 e. The van der Waals surface area contributed by atoms with Crippen LogP contribution in [-0.2, 0) is 16.0 Å². The average Bonchev–Trinajstić information content (AvgIpc) is 3.25. The molecular weight excluding hydrogens is 346 g/mol. The van der Waals surface area contributed by atoms with Gasteiger partial charge in [-0.3, -0.25) is 4.79 Å². The third-order valence-electron chi connectivity index (χ3n) is 4.21. The van der Waals surface area contributed by atoms with Gasteiger partial charge in [0.05, 0.1) is 0 Å². The highest BCUT2D eigenvalue weighted by molar-refractivity contribution is 6.30. The van der Waals surface area contributed by atoms with E-state index in [4.69, 9.17) is 21.2 Å². The Hall–Kier alpha value is -2.41. The van der Waals surface area contributed by atoms with Crippen LogP contribution >= 0.6 is 11.6 Å². The van der Waals surface area contributed by atoms with Gasteiger partial charge in [-0.2, -0.15) is 4.98 Å². The molecule has 3 rings (SSSR count). The van der Waals surface area contributed by atoms with Crippen molar-refractivity contribution in [2.45, 2.75) is 38.1 Å². The number of aliphatic carboxylic acids is 1. The first-order valence-electron chi connectivity index (χ1n) is 8.15. The molecule has 1 aliphatic heterocycles. The standard InChI is InChI=1S/C17H18ClN3O4/c18-12-8-6-11(7-9-12)16-19-14(25-20-16)4-1-5-15(22)21-10-2-3-13(21)17(23)24/h6-9,13H,1-5,10H2,(H,23,24)/t13-/m0/s1. The Balaban J connectivity index is 1.52. The van der Waals surface area contributed by atoms with E-state index in [0.29, 0.717) is 42.5 Å². The number of carbonyl (C=O) groups is 2. The zero-order chi connectivity index (χ0) is 17.8. The maximum Gasteiger partial charge on any atom is 0.326 e. The van der Waals surface area contributed by atoms with Crippen molar-refractivity contribution in [2.75, 3.05) is 6.54 Å². The first kappa shape index (κ1) is 17.4. The summed E-state index contributed by atoms with van der Waals surface area (Å²) in [5, 5.41) is 13.7. The topological polar surface area (TPSA) is 96.5 Å². The van der Waals surface area contributed by atoms with Gasteiger partial charge in [0, 0.05) is 30.0 Å². The van der Waals surface area contributed by atoms with Gasteiger partial charge in [-0.1, -0.05) is 16.8 Å². The van der Waals surface area contributed by atoms with Crippen LogP contribution in [0, 0.1) is 0 Å². The van der Waals surface area contributed by atoms with Crippen molar-refractivity contribution in [2.24, 2.45) is 0 Å². The van der Waals surface area contributed by atoms with Crippen molar-refractivity contribution < 1.29 is 19.2 Å². The molecule has 1 aliphatic rings. The lowest BCUT2D eigenvalue weighted by molar-refractivity contribution is -0.148. The van der Waals surface area contributed by atoms with Crippen molar-refractivity contribution in [1.29, 1.82) is 0 Å². The third-order valence-corrected chi connectivity index (χ3v) is 4.46. The van der Waals surface area contributed by atoms with E-state index in [1.54, 1.807) is 24.3 Å². The van der Waals surface area contributed by atoms with Crippen molar-refractivity contribution >= 4 is 23.5 Å². The van der Waals surface area contributed by atoms with Gasteiger partial charge in [-0.25, -0.2) is 4.79 Å². The molecule has 0 saturated carbocycles. The summed E-state index contributed by atoms with van der Waals surface area (Å²) in [7, 11) is 0. The van der Waals surface area contributed by atoms with Gasteiger partial charge in [0.1, 0.15) is 6.04 Å². The summed E-state index contributed by atoms with van der Waals surface area (Å²) in [4.78, 5) is 29.1. The second kappa shape index (κ2) is 7.65. The highest BCUT2D eigenvalue weighted by Crippen LogP contribution is 2.21. The van der Waals surface area contributed by atoms with Crippen LogP contribution in [0.2, 0.25) is 5.02 Å². The lowest BCUT2D eigenvalue weighted by Gasteiger charge is -2.21. The quantitative estimate of drug-likeness (QED) is 0.847. The number of aromatic nitrogens is 2. The van der Waals surface area contributed by atoms with Crippen LogP contribution in [0.4, 0.5) is 0 Å². The highest BCUT2D eigenvalue weighted by Gasteiger charge is 2.33. The fourth-order valence-corrected chi connectivity index (χ4v) is 3.06. The lowest BCUT2D eigenvalue weighted by atomic mass is 10.2. The molecule has 2 aromatic rings. The number of nitrogens with zero attached hydrogens (tertiary/aromatic N) is 3. The minimum Gasteiger partial charge on any atom is -0.480 e. The number of aryl methyl sites for hydroxylation is 1. The monoisotopic (exact) mass is 363 g/mol. The van der Waals surface area contributed by atoms with E-state index in [2.05, 4.69) is 10.1 Å². The van der Waals surface area contributed by atoms with Gasteiger partial charge in [0.2, 0.25) is 17.6 Å². The maximum atomic E-state index is 12.2. The van der Waals surface area contributed by atoms with Gasteiger partial charge in [0.15, 0.2) is 0 Å². The van der Waals surface area contributed by atoms with E-state index in [1.807, 2.05) is 0 Å². The molecule has 0 unspecified atom stereocenters. The Morgan fingerprint density at radius 3 is 2.80 bits per heavy atom. The van der Waals surface area contributed by atoms with Crippen molar-refractivity contribution in [3.63, 3.8) is 0 Å². The molecule has 132 valence electrons. The van der Waals surface area contributed by atoms with Gasteiger partial charge >= 0.3 is 5.97 Å². The summed E-state index contributed by atoms with van der Waals surface area (Å²) < 4.78 is 5.20. The van der Waals surface area contributed by atoms with Crippen molar-refractivity contribution in [1.82, 2.24) is 15.0 Å². The van der Waals surface area contributed by atoms with Crippen LogP contribution in [-0.4, -0.2) is 44.6 Å². The highest BCUT2D eigenvalue weighted by atomic mass is 35.5. The number of hydrogen-bond acceptors (Lipinski definition) is 5. The predicted octanol–water partition coefficient (Wildman–Crippen LogP) is 2.79. The molecule has 1 N–H and O–H groups in total. The number of halogens is 1. The van der Waals surface area contributed by atoms with Gasteiger partial charge in [0.25, 0.3) is 0 Å². The second-order valence-corrected chi connectivity index (χ2v) is 6.39. The molecule has 1 amide bonds. The summed E-state index contributed by atoms with van der Waals surface area (Å²) in [5.41, 5.74) is 0.803. The van der Waals surface area contributed by atoms with Gasteiger partial charge in [-0.05, 0) is 43.5 Å². The minimum atomic E-state index is -0.935. The minimum absolute atomic E-state index is 0.137. The zero-order valence-corrected chi connectivity index (χ0v) is 14.3. The Kier molecular flexibility index (Phi) is 5.33. The summed E-state index contributed by atoms with van der Waals surface area (Å²) in [5.74, 6) is -0.143. The third kappa shape index (κ3) is 4.17. The Morgan fingerprint density at radius 1 is 1.32 bits per heavy atom. The van der Waals surface area contributed by atoms with E-state index in [1.165, 1.54) is 4.90 Å². The first-order chi connectivity index (χ1) is 12.0. The molecule has 1 aromatic carbocycles. The molecule has 25 heavy (non-hydrogen) atoms. The summed E-state index contributed by atoms with van der Waals surface area (Å²) in [6, 6.07) is 6.42. The summed E-state index contributed by atoms with van der Waals surface area (Å²) >= 11 is 5.85. The number of hydrogen-bond donors (Lipinski definition) is 1. The molecule has 0 spiro atoms. The molecule has 1 fully saturated rings. The fourth-order valence-electron chi connectivity index (χ4n) is 2.93. The predicted molar refractivity (Wildman–Crippen MR) is 90.1 cm³/mol. The number of carboxylic acids is 1. The van der Waals surface area contributed by atoms with Crippen LogP contribution in [0.1, 0.15) is 31.6 Å². The summed E-state index contributed by atoms with van der Waals surface area (Å²) in [6.45, 7) is 0.511. The number of carbonyl (C=O) groups excluding carboxylic acids is 1. The number of benzene rings is 1. The van der Waals surface area contributed by atoms with E-state index in [-0.39, 0.29) is 12.3 Å². The molecular formula is C17H18ClN3O4. The van der Waals surface area contributed by atoms with Crippen LogP contribution < -0.4 is 0 Å². The Morgan fingerprint density at radius 2 is 2.08 bits per heavy atom. The van der Waals surface area contributed by atoms with E-state index in [9.17, 15) is 9.59 Å². The van der Waals surface area contributed by atoms with Gasteiger partial charge in [-0.15, -0.1) is 0 Å². The molecule has 0 bridgehead atoms. The first-order valence-corrected chi connectivity index (χ1v) is 8.53. The SMILES string of the molecule is O=C(O)[C@@H]1CCCN1C(=O)CCCc1nc(-c2ccc(Cl)cc2)no1. The molecule has 0 radical (unpaired) electrons. The molecule has 8 heteroatoms. The number of rotatable bonds is 6. The van der Waals surface area contributed by atoms with E-state index >= 15 is 0 Å². The van der Waals surface area contributed by atoms with Crippen LogP contribution in [0.3, 0.4) is 0 Å². The van der Waals surface area contributed by atoms with Crippen LogP contribution in [0.5, 0.6) is 0 Å². The Labute approximate surface area is 149 Å². The number of amides is 1. The Bertz CT molecular complexity index is 760. The second-order valence-electron chi connectivity index (χ2n) is 5.96. The number of carboxylic acid groups (broad SMARTS) is 1. The average molecular weight is 364 g/mol. The van der Waals surface area contributed by atoms with Gasteiger partial charge < -0.3 is 14.5 Å². The zero-order valence-electron chi connectivity index (χ0n) is 13.5. The van der Waals surface area contributed by atoms with Crippen molar-refractivity contribution in [3.05, 3.63) is 35.2 Å². The van der Waals surface area contributed by atoms with E-state index in [0.717, 1.165) is 12.0 Å². The molecule has 7 nitrogen and oxygen atoms in total. The van der Waals surface area contributed by atoms with Crippen LogP contribution in [0.15, 0.2) is 28.8 Å². The van der Waals surface area contributed by atoms with E-state index < -0.39 is 12.0 Å². The molecule has 1 aromatic heterocycles. The smallest absolute Gasteiger partial charge is 0.326 e. The fraction of sp³-hybridized carbons (Fsp3) is 0.412. The number of likely N-dealkylation sites (tertiary alicyclic amines) is 1. The molecule has 0 aliphatic carbocycles. The molecule has 2 heterocycles. The molecule has 1 saturated heterocycles. The lowest BCUT2D eigenvalue weighted by Crippen LogP contribution is -2.40. The van der Waals surface area contributed by atoms with Crippen molar-refractivity contribution in [3.8, 4) is 11.4 Å².